The summed E-state index contributed by atoms with van der Waals surface area (Å²) in [6.45, 7) is 3.92. The molecule has 0 spiro atoms. The Bertz CT molecular complexity index is 265. The lowest BCUT2D eigenvalue weighted by Gasteiger charge is -2.29. The van der Waals surface area contributed by atoms with Gasteiger partial charge in [0.1, 0.15) is 6.54 Å². The molecular formula is C12H19NO. The molecule has 1 saturated heterocycles. The molecule has 0 aliphatic carbocycles. The van der Waals surface area contributed by atoms with Gasteiger partial charge in [-0.3, -0.25) is 0 Å². The van der Waals surface area contributed by atoms with Crippen molar-refractivity contribution in [1.82, 2.24) is 0 Å². The molecule has 0 radical (unpaired) electrons. The third-order valence-electron chi connectivity index (χ3n) is 3.05. The Morgan fingerprint density at radius 1 is 1.07 bits per heavy atom. The molecule has 2 heteroatoms. The van der Waals surface area contributed by atoms with E-state index in [1.165, 1.54) is 42.5 Å². The van der Waals surface area contributed by atoms with Gasteiger partial charge in [-0.15, -0.1) is 0 Å². The van der Waals surface area contributed by atoms with E-state index in [1.807, 2.05) is 0 Å². The highest BCUT2D eigenvalue weighted by Gasteiger charge is 2.26. The molecule has 1 aliphatic rings. The monoisotopic (exact) mass is 193 g/mol. The molecule has 0 unspecified atom stereocenters. The number of hydrogen-bond donors (Lipinski definition) is 0. The third kappa shape index (κ3) is 2.56. The second-order valence-electron chi connectivity index (χ2n) is 4.42. The fraction of sp³-hybridized carbons (Fsp3) is 0.500. The summed E-state index contributed by atoms with van der Waals surface area (Å²) in [5, 5.41) is 0. The predicted molar refractivity (Wildman–Crippen MR) is 57.2 cm³/mol. The van der Waals surface area contributed by atoms with Gasteiger partial charge < -0.3 is 9.96 Å². The van der Waals surface area contributed by atoms with E-state index >= 15 is 0 Å². The van der Waals surface area contributed by atoms with E-state index in [9.17, 15) is 0 Å². The SMILES string of the molecule is C[N+]1(Cc2ccccc2)CCCC1.[OH-]. The van der Waals surface area contributed by atoms with Crippen LogP contribution in [0.4, 0.5) is 0 Å². The second-order valence-corrected chi connectivity index (χ2v) is 4.42. The first kappa shape index (κ1) is 11.2. The molecule has 14 heavy (non-hydrogen) atoms. The van der Waals surface area contributed by atoms with Gasteiger partial charge in [-0.05, 0) is 0 Å². The van der Waals surface area contributed by atoms with Crippen molar-refractivity contribution in [2.75, 3.05) is 20.1 Å². The van der Waals surface area contributed by atoms with Gasteiger partial charge in [-0.2, -0.15) is 0 Å². The summed E-state index contributed by atoms with van der Waals surface area (Å²) >= 11 is 0. The summed E-state index contributed by atoms with van der Waals surface area (Å²) in [5.41, 5.74) is 1.48. The van der Waals surface area contributed by atoms with Crippen LogP contribution < -0.4 is 0 Å². The van der Waals surface area contributed by atoms with Gasteiger partial charge in [0.2, 0.25) is 0 Å². The maximum absolute atomic E-state index is 2.38. The summed E-state index contributed by atoms with van der Waals surface area (Å²) in [6.07, 6.45) is 2.81. The summed E-state index contributed by atoms with van der Waals surface area (Å²) < 4.78 is 1.24. The van der Waals surface area contributed by atoms with Crippen LogP contribution in [0, 0.1) is 0 Å². The Morgan fingerprint density at radius 2 is 1.64 bits per heavy atom. The van der Waals surface area contributed by atoms with E-state index in [2.05, 4.69) is 37.4 Å². The van der Waals surface area contributed by atoms with E-state index in [-0.39, 0.29) is 5.48 Å². The topological polar surface area (TPSA) is 30.0 Å². The van der Waals surface area contributed by atoms with Gasteiger partial charge in [-0.1, -0.05) is 30.3 Å². The van der Waals surface area contributed by atoms with Crippen molar-refractivity contribution in [3.63, 3.8) is 0 Å². The molecule has 2 nitrogen and oxygen atoms in total. The summed E-state index contributed by atoms with van der Waals surface area (Å²) in [5.74, 6) is 0. The molecule has 1 N–H and O–H groups in total. The first-order valence-corrected chi connectivity index (χ1v) is 5.16. The number of rotatable bonds is 2. The van der Waals surface area contributed by atoms with Gasteiger partial charge in [-0.25, -0.2) is 0 Å². The average molecular weight is 193 g/mol. The molecule has 78 valence electrons. The van der Waals surface area contributed by atoms with E-state index in [0.717, 1.165) is 0 Å². The lowest BCUT2D eigenvalue weighted by Crippen LogP contribution is -2.39. The molecule has 1 aromatic carbocycles. The van der Waals surface area contributed by atoms with Gasteiger partial charge in [0, 0.05) is 18.4 Å². The van der Waals surface area contributed by atoms with Gasteiger partial charge in [0.05, 0.1) is 20.1 Å². The molecule has 0 amide bonds. The van der Waals surface area contributed by atoms with Gasteiger partial charge in [0.25, 0.3) is 0 Å². The Hall–Kier alpha value is -0.860. The van der Waals surface area contributed by atoms with Crippen molar-refractivity contribution in [2.24, 2.45) is 0 Å². The fourth-order valence-electron chi connectivity index (χ4n) is 2.28. The highest BCUT2D eigenvalue weighted by Crippen LogP contribution is 2.20. The lowest BCUT2D eigenvalue weighted by atomic mass is 10.2. The molecule has 1 aliphatic heterocycles. The van der Waals surface area contributed by atoms with Gasteiger partial charge in [0.15, 0.2) is 0 Å². The first-order chi connectivity index (χ1) is 6.29. The highest BCUT2D eigenvalue weighted by molar-refractivity contribution is 5.13. The zero-order valence-corrected chi connectivity index (χ0v) is 8.82. The summed E-state index contributed by atoms with van der Waals surface area (Å²) in [6, 6.07) is 10.8. The van der Waals surface area contributed by atoms with Gasteiger partial charge >= 0.3 is 0 Å². The summed E-state index contributed by atoms with van der Waals surface area (Å²) in [7, 11) is 2.38. The normalized spacial score (nSPS) is 18.9. The Kier molecular flexibility index (Phi) is 3.67. The minimum atomic E-state index is 0. The predicted octanol–water partition coefficient (Wildman–Crippen LogP) is 2.25. The van der Waals surface area contributed by atoms with E-state index in [4.69, 9.17) is 0 Å². The molecule has 1 heterocycles. The van der Waals surface area contributed by atoms with Crippen molar-refractivity contribution in [2.45, 2.75) is 19.4 Å². The van der Waals surface area contributed by atoms with Crippen molar-refractivity contribution in [1.29, 1.82) is 0 Å². The Morgan fingerprint density at radius 3 is 2.21 bits per heavy atom. The van der Waals surface area contributed by atoms with Crippen LogP contribution in [0.5, 0.6) is 0 Å². The smallest absolute Gasteiger partial charge is 0.104 e. The number of benzene rings is 1. The van der Waals surface area contributed by atoms with Crippen molar-refractivity contribution >= 4 is 0 Å². The molecule has 2 rings (SSSR count). The van der Waals surface area contributed by atoms with Crippen LogP contribution >= 0.6 is 0 Å². The molecular weight excluding hydrogens is 174 g/mol. The third-order valence-corrected chi connectivity index (χ3v) is 3.05. The minimum absolute atomic E-state index is 0. The van der Waals surface area contributed by atoms with Crippen molar-refractivity contribution < 1.29 is 9.96 Å². The lowest BCUT2D eigenvalue weighted by molar-refractivity contribution is -0.910. The Balaban J connectivity index is 0.000000980. The largest absolute Gasteiger partial charge is 0.870 e. The number of nitrogens with zero attached hydrogens (tertiary/aromatic N) is 1. The number of hydrogen-bond acceptors (Lipinski definition) is 1. The van der Waals surface area contributed by atoms with Crippen LogP contribution in [0.25, 0.3) is 0 Å². The maximum atomic E-state index is 2.38. The molecule has 0 aromatic heterocycles. The summed E-state index contributed by atoms with van der Waals surface area (Å²) in [4.78, 5) is 0. The van der Waals surface area contributed by atoms with Crippen molar-refractivity contribution in [3.05, 3.63) is 35.9 Å². The molecule has 0 bridgehead atoms. The van der Waals surface area contributed by atoms with Crippen LogP contribution in [0.15, 0.2) is 30.3 Å². The Labute approximate surface area is 86.1 Å². The van der Waals surface area contributed by atoms with Crippen LogP contribution in [0.3, 0.4) is 0 Å². The molecule has 1 aromatic rings. The molecule has 1 fully saturated rings. The zero-order valence-electron chi connectivity index (χ0n) is 8.82. The van der Waals surface area contributed by atoms with Crippen LogP contribution in [-0.4, -0.2) is 30.1 Å². The van der Waals surface area contributed by atoms with E-state index in [0.29, 0.717) is 0 Å². The molecule has 0 saturated carbocycles. The van der Waals surface area contributed by atoms with Crippen molar-refractivity contribution in [3.8, 4) is 0 Å². The van der Waals surface area contributed by atoms with E-state index < -0.39 is 0 Å². The standard InChI is InChI=1S/C12H18N.H2O/c1-13(9-5-6-10-13)11-12-7-3-2-4-8-12;/h2-4,7-8H,5-6,9-11H2,1H3;1H2/q+1;/p-1. The average Bonchev–Trinajstić information content (AvgIpc) is 2.54. The number of likely N-dealkylation sites (tertiary alicyclic amines) is 1. The van der Waals surface area contributed by atoms with Crippen LogP contribution in [0.2, 0.25) is 0 Å². The first-order valence-electron chi connectivity index (χ1n) is 5.16. The maximum Gasteiger partial charge on any atom is 0.104 e. The van der Waals surface area contributed by atoms with E-state index in [1.54, 1.807) is 0 Å². The van der Waals surface area contributed by atoms with Crippen LogP contribution in [0.1, 0.15) is 18.4 Å². The van der Waals surface area contributed by atoms with Crippen LogP contribution in [-0.2, 0) is 6.54 Å². The second kappa shape index (κ2) is 4.58. The number of quaternary nitrogens is 1. The molecule has 0 atom stereocenters. The fourth-order valence-corrected chi connectivity index (χ4v) is 2.28. The highest BCUT2D eigenvalue weighted by atomic mass is 16.0. The minimum Gasteiger partial charge on any atom is -0.870 e. The zero-order chi connectivity index (χ0) is 9.15. The quantitative estimate of drug-likeness (QED) is 0.662.